The highest BCUT2D eigenvalue weighted by Crippen LogP contribution is 2.33. The number of benzene rings is 2. The molecule has 0 aliphatic carbocycles. The van der Waals surface area contributed by atoms with Crippen molar-refractivity contribution in [1.82, 2.24) is 9.55 Å². The van der Waals surface area contributed by atoms with Crippen LogP contribution in [0.1, 0.15) is 12.0 Å². The Kier molecular flexibility index (Phi) is 6.92. The number of aromatic nitrogens is 2. The number of halogens is 1. The summed E-state index contributed by atoms with van der Waals surface area (Å²) in [4.78, 5) is 15.5. The van der Waals surface area contributed by atoms with Crippen LogP contribution >= 0.6 is 23.4 Å². The van der Waals surface area contributed by atoms with E-state index < -0.39 is 10.7 Å². The number of aryl methyl sites for hydroxylation is 1. The summed E-state index contributed by atoms with van der Waals surface area (Å²) >= 11 is 7.60. The largest absolute Gasteiger partial charge is 0.345 e. The van der Waals surface area contributed by atoms with Gasteiger partial charge in [0.2, 0.25) is 0 Å². The lowest BCUT2D eigenvalue weighted by Crippen LogP contribution is -2.37. The quantitative estimate of drug-likeness (QED) is 0.255. The van der Waals surface area contributed by atoms with Crippen molar-refractivity contribution in [3.8, 4) is 0 Å². The second-order valence-corrected chi connectivity index (χ2v) is 8.91. The Bertz CT molecular complexity index is 999. The van der Waals surface area contributed by atoms with Gasteiger partial charge in [-0.15, -0.1) is 11.8 Å². The Hall–Kier alpha value is -2.39. The molecule has 0 saturated carbocycles. The maximum atomic E-state index is 10.8. The van der Waals surface area contributed by atoms with E-state index in [0.29, 0.717) is 30.3 Å². The van der Waals surface area contributed by atoms with Crippen LogP contribution in [-0.2, 0) is 22.4 Å². The van der Waals surface area contributed by atoms with Crippen LogP contribution in [0.2, 0.25) is 5.02 Å². The fourth-order valence-corrected chi connectivity index (χ4v) is 4.49. The van der Waals surface area contributed by atoms with Gasteiger partial charge in [-0.05, 0) is 36.2 Å². The van der Waals surface area contributed by atoms with Gasteiger partial charge in [-0.2, -0.15) is 0 Å². The minimum Gasteiger partial charge on any atom is -0.345 e. The number of nitro benzene ring substituents is 1. The molecule has 162 valence electrons. The standard InChI is InChI=1S/C22H22ClN3O4S/c23-18-3-1-17(2-4-18)9-10-22(15-25-12-11-24-16-25)29-13-20(30-22)14-31-21-7-5-19(6-8-21)26(27)28/h1-8,11-12,16,20H,9-10,13-15H2/t20-,22+/m0/s1. The number of imidazole rings is 1. The summed E-state index contributed by atoms with van der Waals surface area (Å²) in [5.41, 5.74) is 1.26. The first-order chi connectivity index (χ1) is 15.0. The van der Waals surface area contributed by atoms with Gasteiger partial charge in [0.05, 0.1) is 30.5 Å². The summed E-state index contributed by atoms with van der Waals surface area (Å²) in [6.07, 6.45) is 6.82. The van der Waals surface area contributed by atoms with Crippen molar-refractivity contribution in [3.05, 3.63) is 88.0 Å². The average molecular weight is 460 g/mol. The summed E-state index contributed by atoms with van der Waals surface area (Å²) < 4.78 is 14.6. The molecule has 0 bridgehead atoms. The highest BCUT2D eigenvalue weighted by Gasteiger charge is 2.41. The van der Waals surface area contributed by atoms with Crippen molar-refractivity contribution in [2.75, 3.05) is 12.4 Å². The lowest BCUT2D eigenvalue weighted by atomic mass is 10.0. The Balaban J connectivity index is 1.38. The molecule has 1 aliphatic heterocycles. The van der Waals surface area contributed by atoms with Crippen LogP contribution in [-0.4, -0.2) is 38.7 Å². The molecule has 2 atom stereocenters. The summed E-state index contributed by atoms with van der Waals surface area (Å²) in [6, 6.07) is 14.4. The molecule has 2 aromatic carbocycles. The minimum absolute atomic E-state index is 0.0751. The molecule has 0 N–H and O–H groups in total. The van der Waals surface area contributed by atoms with Gasteiger partial charge in [0.1, 0.15) is 0 Å². The van der Waals surface area contributed by atoms with Gasteiger partial charge in [-0.1, -0.05) is 23.7 Å². The van der Waals surface area contributed by atoms with Gasteiger partial charge < -0.3 is 14.0 Å². The zero-order valence-corrected chi connectivity index (χ0v) is 18.3. The Morgan fingerprint density at radius 1 is 1.23 bits per heavy atom. The normalized spacial score (nSPS) is 20.7. The van der Waals surface area contributed by atoms with Gasteiger partial charge in [-0.3, -0.25) is 10.1 Å². The molecular formula is C22H22ClN3O4S. The summed E-state index contributed by atoms with van der Waals surface area (Å²) in [5, 5.41) is 11.5. The van der Waals surface area contributed by atoms with Crippen LogP contribution in [0, 0.1) is 10.1 Å². The van der Waals surface area contributed by atoms with E-state index in [1.54, 1.807) is 36.4 Å². The molecule has 0 amide bonds. The van der Waals surface area contributed by atoms with Crippen LogP contribution in [0.5, 0.6) is 0 Å². The van der Waals surface area contributed by atoms with Crippen LogP contribution < -0.4 is 0 Å². The zero-order chi connectivity index (χ0) is 21.7. The topological polar surface area (TPSA) is 79.4 Å². The fourth-order valence-electron chi connectivity index (χ4n) is 3.49. The number of thioether (sulfide) groups is 1. The van der Waals surface area contributed by atoms with E-state index in [-0.39, 0.29) is 11.8 Å². The molecule has 0 radical (unpaired) electrons. The number of nitro groups is 1. The van der Waals surface area contributed by atoms with Crippen molar-refractivity contribution in [1.29, 1.82) is 0 Å². The number of ether oxygens (including phenoxy) is 2. The first-order valence-corrected chi connectivity index (χ1v) is 11.3. The summed E-state index contributed by atoms with van der Waals surface area (Å²) in [6.45, 7) is 1.05. The first-order valence-electron chi connectivity index (χ1n) is 9.91. The van der Waals surface area contributed by atoms with Crippen molar-refractivity contribution >= 4 is 29.1 Å². The molecule has 0 unspecified atom stereocenters. The van der Waals surface area contributed by atoms with Crippen molar-refractivity contribution < 1.29 is 14.4 Å². The molecular weight excluding hydrogens is 438 g/mol. The van der Waals surface area contributed by atoms with Gasteiger partial charge in [-0.25, -0.2) is 4.98 Å². The van der Waals surface area contributed by atoms with E-state index in [1.165, 1.54) is 17.7 Å². The van der Waals surface area contributed by atoms with Gasteiger partial charge in [0, 0.05) is 46.6 Å². The molecule has 1 aliphatic rings. The Morgan fingerprint density at radius 3 is 2.68 bits per heavy atom. The SMILES string of the molecule is O=[N+]([O-])c1ccc(SC[C@@H]2CO[C@@](CCc3ccc(Cl)cc3)(Cn3ccnc3)O2)cc1. The third kappa shape index (κ3) is 5.86. The van der Waals surface area contributed by atoms with E-state index in [9.17, 15) is 10.1 Å². The smallest absolute Gasteiger partial charge is 0.269 e. The van der Waals surface area contributed by atoms with E-state index in [1.807, 2.05) is 35.0 Å². The van der Waals surface area contributed by atoms with Crippen LogP contribution in [0.15, 0.2) is 72.1 Å². The van der Waals surface area contributed by atoms with Crippen LogP contribution in [0.25, 0.3) is 0 Å². The van der Waals surface area contributed by atoms with E-state index >= 15 is 0 Å². The Morgan fingerprint density at radius 2 is 2.00 bits per heavy atom. The molecule has 1 fully saturated rings. The predicted octanol–water partition coefficient (Wildman–Crippen LogP) is 4.98. The van der Waals surface area contributed by atoms with E-state index in [0.717, 1.165) is 11.3 Å². The molecule has 7 nitrogen and oxygen atoms in total. The number of non-ortho nitro benzene ring substituents is 1. The number of hydrogen-bond donors (Lipinski definition) is 0. The van der Waals surface area contributed by atoms with Gasteiger partial charge >= 0.3 is 0 Å². The van der Waals surface area contributed by atoms with Crippen LogP contribution in [0.3, 0.4) is 0 Å². The molecule has 31 heavy (non-hydrogen) atoms. The summed E-state index contributed by atoms with van der Waals surface area (Å²) in [7, 11) is 0. The monoisotopic (exact) mass is 459 g/mol. The molecule has 2 heterocycles. The molecule has 9 heteroatoms. The second kappa shape index (κ2) is 9.82. The fraction of sp³-hybridized carbons (Fsp3) is 0.318. The number of hydrogen-bond acceptors (Lipinski definition) is 6. The van der Waals surface area contributed by atoms with E-state index in [4.69, 9.17) is 21.1 Å². The zero-order valence-electron chi connectivity index (χ0n) is 16.7. The maximum Gasteiger partial charge on any atom is 0.269 e. The molecule has 4 rings (SSSR count). The van der Waals surface area contributed by atoms with Crippen LogP contribution in [0.4, 0.5) is 5.69 Å². The molecule has 1 aromatic heterocycles. The molecule has 3 aromatic rings. The first kappa shape index (κ1) is 21.8. The minimum atomic E-state index is -0.735. The van der Waals surface area contributed by atoms with Gasteiger partial charge in [0.25, 0.3) is 5.69 Å². The lowest BCUT2D eigenvalue weighted by molar-refractivity contribution is -0.384. The third-order valence-electron chi connectivity index (χ3n) is 5.09. The maximum absolute atomic E-state index is 10.8. The number of nitrogens with zero attached hydrogens (tertiary/aromatic N) is 3. The third-order valence-corrected chi connectivity index (χ3v) is 6.48. The van der Waals surface area contributed by atoms with Crippen molar-refractivity contribution in [3.63, 3.8) is 0 Å². The highest BCUT2D eigenvalue weighted by atomic mass is 35.5. The van der Waals surface area contributed by atoms with Gasteiger partial charge in [0.15, 0.2) is 5.79 Å². The summed E-state index contributed by atoms with van der Waals surface area (Å²) in [5.74, 6) is -0.0362. The highest BCUT2D eigenvalue weighted by molar-refractivity contribution is 7.99. The molecule has 0 spiro atoms. The number of rotatable bonds is 9. The Labute approximate surface area is 189 Å². The van der Waals surface area contributed by atoms with Crippen molar-refractivity contribution in [2.45, 2.75) is 36.2 Å². The van der Waals surface area contributed by atoms with Crippen molar-refractivity contribution in [2.24, 2.45) is 0 Å². The second-order valence-electron chi connectivity index (χ2n) is 7.39. The lowest BCUT2D eigenvalue weighted by Gasteiger charge is -2.28. The average Bonchev–Trinajstić information content (AvgIpc) is 3.43. The van der Waals surface area contributed by atoms with E-state index in [2.05, 4.69) is 4.98 Å². The molecule has 1 saturated heterocycles. The predicted molar refractivity (Wildman–Crippen MR) is 119 cm³/mol.